The van der Waals surface area contributed by atoms with Crippen molar-refractivity contribution in [2.45, 2.75) is 84.5 Å². The van der Waals surface area contributed by atoms with E-state index in [1.54, 1.807) is 19.1 Å². The molecule has 0 fully saturated rings. The number of hydrogen-bond donors (Lipinski definition) is 3. The van der Waals surface area contributed by atoms with Gasteiger partial charge < -0.3 is 25.4 Å². The smallest absolute Gasteiger partial charge is 0.308 e. The predicted molar refractivity (Wildman–Crippen MR) is 178 cm³/mol. The SMILES string of the molecule is CC1=C[C@H](C)C[C@H](C)OC(=O)C[C@H](c2ccc(O)cc2)NC(=O)[C@@H](Cc2ncnc3ccccc23)N(C)C(=O)[C@@H](C)NC(=O)[C@@H](C)C1. The number of cyclic esters (lactones) is 1. The molecule has 0 unspecified atom stereocenters. The van der Waals surface area contributed by atoms with E-state index < -0.39 is 47.9 Å². The fraction of sp³-hybridized carbons (Fsp3) is 0.444. The number of aromatic nitrogens is 2. The standard InChI is InChI=1S/C36H45N5O6/c1-21-15-22(2)17-24(4)47-33(43)19-30(26-11-13-27(42)14-12-26)40-35(45)32(18-31-28-9-7-8-10-29(28)37-20-38-31)41(6)36(46)25(5)39-34(44)23(3)16-21/h7-15,20,22-25,30,32,42H,16-19H2,1-6H3,(H,39,44)(H,40,45)/t22-,23-,24-,25+,30+,32+/m0/s1. The number of benzene rings is 2. The van der Waals surface area contributed by atoms with E-state index >= 15 is 0 Å². The van der Waals surface area contributed by atoms with Gasteiger partial charge >= 0.3 is 5.97 Å². The number of carbonyl (C=O) groups excluding carboxylic acids is 4. The number of para-hydroxylation sites is 1. The Hall–Kier alpha value is -4.80. The van der Waals surface area contributed by atoms with Crippen LogP contribution in [0.3, 0.4) is 0 Å². The average molecular weight is 644 g/mol. The maximum Gasteiger partial charge on any atom is 0.308 e. The van der Waals surface area contributed by atoms with Gasteiger partial charge in [-0.3, -0.25) is 19.2 Å². The van der Waals surface area contributed by atoms with Crippen LogP contribution in [0.5, 0.6) is 5.75 Å². The van der Waals surface area contributed by atoms with E-state index in [0.717, 1.165) is 11.0 Å². The molecule has 47 heavy (non-hydrogen) atoms. The molecule has 2 heterocycles. The summed E-state index contributed by atoms with van der Waals surface area (Å²) < 4.78 is 5.78. The first kappa shape index (κ1) is 35.1. The highest BCUT2D eigenvalue weighted by molar-refractivity contribution is 5.93. The molecule has 0 spiro atoms. The minimum atomic E-state index is -1.07. The topological polar surface area (TPSA) is 151 Å². The number of fused-ring (bicyclic) bond motifs is 1. The van der Waals surface area contributed by atoms with Crippen molar-refractivity contribution in [2.24, 2.45) is 11.8 Å². The van der Waals surface area contributed by atoms with Crippen LogP contribution < -0.4 is 10.6 Å². The van der Waals surface area contributed by atoms with Gasteiger partial charge in [-0.15, -0.1) is 0 Å². The van der Waals surface area contributed by atoms with Crippen molar-refractivity contribution in [1.29, 1.82) is 0 Å². The van der Waals surface area contributed by atoms with Gasteiger partial charge in [-0.1, -0.05) is 55.8 Å². The molecule has 11 heteroatoms. The fourth-order valence-corrected chi connectivity index (χ4v) is 6.12. The van der Waals surface area contributed by atoms with Gasteiger partial charge in [0.25, 0.3) is 0 Å². The summed E-state index contributed by atoms with van der Waals surface area (Å²) in [5.41, 5.74) is 2.85. The van der Waals surface area contributed by atoms with Crippen LogP contribution in [0.25, 0.3) is 10.9 Å². The van der Waals surface area contributed by atoms with Crippen LogP contribution >= 0.6 is 0 Å². The monoisotopic (exact) mass is 643 g/mol. The molecule has 0 saturated heterocycles. The van der Waals surface area contributed by atoms with Crippen molar-refractivity contribution < 1.29 is 29.0 Å². The van der Waals surface area contributed by atoms with Crippen molar-refractivity contribution in [2.75, 3.05) is 7.05 Å². The van der Waals surface area contributed by atoms with E-state index in [-0.39, 0.29) is 30.4 Å². The van der Waals surface area contributed by atoms with Crippen LogP contribution in [0.15, 0.2) is 66.5 Å². The van der Waals surface area contributed by atoms with Crippen LogP contribution in [-0.2, 0) is 30.3 Å². The Bertz CT molecular complexity index is 1620. The number of phenols is 1. The molecule has 2 aromatic carbocycles. The van der Waals surface area contributed by atoms with Crippen LogP contribution in [0.4, 0.5) is 0 Å². The van der Waals surface area contributed by atoms with Crippen molar-refractivity contribution in [3.05, 3.63) is 77.8 Å². The molecule has 4 rings (SSSR count). The number of aromatic hydroxyl groups is 1. The third-order valence-electron chi connectivity index (χ3n) is 8.52. The van der Waals surface area contributed by atoms with Gasteiger partial charge in [0.2, 0.25) is 17.7 Å². The normalized spacial score (nSPS) is 25.9. The van der Waals surface area contributed by atoms with Gasteiger partial charge in [-0.25, -0.2) is 9.97 Å². The summed E-state index contributed by atoms with van der Waals surface area (Å²) in [6.45, 7) is 9.22. The molecule has 11 nitrogen and oxygen atoms in total. The summed E-state index contributed by atoms with van der Waals surface area (Å²) in [7, 11) is 1.52. The van der Waals surface area contributed by atoms with E-state index in [1.807, 2.05) is 52.0 Å². The number of phenolic OH excluding ortho intramolecular Hbond substituents is 1. The fourth-order valence-electron chi connectivity index (χ4n) is 6.12. The Kier molecular flexibility index (Phi) is 11.7. The van der Waals surface area contributed by atoms with Gasteiger partial charge in [0.1, 0.15) is 24.2 Å². The number of allylic oxidation sites excluding steroid dienone is 2. The third-order valence-corrected chi connectivity index (χ3v) is 8.52. The number of nitrogens with zero attached hydrogens (tertiary/aromatic N) is 3. The van der Waals surface area contributed by atoms with Gasteiger partial charge in [0.05, 0.1) is 29.8 Å². The highest BCUT2D eigenvalue weighted by Gasteiger charge is 2.34. The first-order valence-electron chi connectivity index (χ1n) is 16.0. The van der Waals surface area contributed by atoms with Crippen LogP contribution in [-0.4, -0.2) is 68.9 Å². The molecule has 0 bridgehead atoms. The number of carbonyl (C=O) groups is 4. The third kappa shape index (κ3) is 9.37. The highest BCUT2D eigenvalue weighted by atomic mass is 16.5. The molecule has 6 atom stereocenters. The summed E-state index contributed by atoms with van der Waals surface area (Å²) in [5.74, 6) is -2.03. The Morgan fingerprint density at radius 3 is 2.34 bits per heavy atom. The zero-order valence-corrected chi connectivity index (χ0v) is 27.9. The van der Waals surface area contributed by atoms with Crippen molar-refractivity contribution >= 4 is 34.6 Å². The van der Waals surface area contributed by atoms with E-state index in [4.69, 9.17) is 4.74 Å². The zero-order chi connectivity index (χ0) is 34.2. The van der Waals surface area contributed by atoms with Gasteiger partial charge in [0.15, 0.2) is 0 Å². The zero-order valence-electron chi connectivity index (χ0n) is 27.9. The van der Waals surface area contributed by atoms with Gasteiger partial charge in [-0.2, -0.15) is 0 Å². The molecular weight excluding hydrogens is 598 g/mol. The molecule has 3 amide bonds. The minimum absolute atomic E-state index is 0.0360. The molecular formula is C36H45N5O6. The van der Waals surface area contributed by atoms with Crippen molar-refractivity contribution in [3.63, 3.8) is 0 Å². The van der Waals surface area contributed by atoms with E-state index in [9.17, 15) is 24.3 Å². The number of hydrogen-bond acceptors (Lipinski definition) is 8. The average Bonchev–Trinajstić information content (AvgIpc) is 3.02. The number of amides is 3. The summed E-state index contributed by atoms with van der Waals surface area (Å²) in [6.07, 6.45) is 4.04. The first-order valence-corrected chi connectivity index (χ1v) is 16.0. The summed E-state index contributed by atoms with van der Waals surface area (Å²) in [6, 6.07) is 10.8. The van der Waals surface area contributed by atoms with E-state index in [2.05, 4.69) is 26.7 Å². The van der Waals surface area contributed by atoms with Gasteiger partial charge in [0, 0.05) is 24.8 Å². The molecule has 0 radical (unpaired) electrons. The van der Waals surface area contributed by atoms with Crippen LogP contribution in [0, 0.1) is 11.8 Å². The number of esters is 1. The largest absolute Gasteiger partial charge is 0.508 e. The lowest BCUT2D eigenvalue weighted by Gasteiger charge is -2.31. The quantitative estimate of drug-likeness (QED) is 0.281. The number of ether oxygens (including phenoxy) is 1. The second-order valence-electron chi connectivity index (χ2n) is 12.7. The number of rotatable bonds is 3. The maximum atomic E-state index is 14.2. The summed E-state index contributed by atoms with van der Waals surface area (Å²) in [4.78, 5) is 64.6. The van der Waals surface area contributed by atoms with Crippen molar-refractivity contribution in [1.82, 2.24) is 25.5 Å². The van der Waals surface area contributed by atoms with E-state index in [0.29, 0.717) is 29.6 Å². The van der Waals surface area contributed by atoms with Crippen LogP contribution in [0.2, 0.25) is 0 Å². The van der Waals surface area contributed by atoms with Gasteiger partial charge in [-0.05, 0) is 63.3 Å². The lowest BCUT2D eigenvalue weighted by molar-refractivity contribution is -0.149. The number of nitrogens with one attached hydrogen (secondary N) is 2. The highest BCUT2D eigenvalue weighted by Crippen LogP contribution is 2.24. The molecule has 1 aromatic heterocycles. The molecule has 3 aromatic rings. The lowest BCUT2D eigenvalue weighted by atomic mass is 9.95. The van der Waals surface area contributed by atoms with Crippen molar-refractivity contribution in [3.8, 4) is 5.75 Å². The molecule has 250 valence electrons. The summed E-state index contributed by atoms with van der Waals surface area (Å²) >= 11 is 0. The Balaban J connectivity index is 1.74. The second-order valence-corrected chi connectivity index (χ2v) is 12.7. The predicted octanol–water partition coefficient (Wildman–Crippen LogP) is 4.40. The Morgan fingerprint density at radius 1 is 0.915 bits per heavy atom. The molecule has 0 saturated carbocycles. The first-order chi connectivity index (χ1) is 22.3. The second kappa shape index (κ2) is 15.7. The maximum absolute atomic E-state index is 14.2. The Morgan fingerprint density at radius 2 is 1.62 bits per heavy atom. The van der Waals surface area contributed by atoms with Crippen LogP contribution in [0.1, 0.15) is 71.2 Å². The molecule has 3 N–H and O–H groups in total. The lowest BCUT2D eigenvalue weighted by Crippen LogP contribution is -2.55. The number of likely N-dealkylation sites (N-methyl/N-ethyl adjacent to an activating group) is 1. The molecule has 0 aliphatic carbocycles. The molecule has 1 aliphatic heterocycles. The minimum Gasteiger partial charge on any atom is -0.508 e. The molecule has 1 aliphatic rings. The summed E-state index contributed by atoms with van der Waals surface area (Å²) in [5, 5.41) is 16.4. The van der Waals surface area contributed by atoms with E-state index in [1.165, 1.54) is 30.4 Å². The Labute approximate surface area is 275 Å².